The Morgan fingerprint density at radius 2 is 0.750 bits per heavy atom. The van der Waals surface area contributed by atoms with Crippen LogP contribution in [-0.4, -0.2) is 11.0 Å². The van der Waals surface area contributed by atoms with Crippen LogP contribution in [0.3, 0.4) is 0 Å². The summed E-state index contributed by atoms with van der Waals surface area (Å²) in [6.45, 7) is 0. The summed E-state index contributed by atoms with van der Waals surface area (Å²) >= 11 is 0. The first-order valence-electron chi connectivity index (χ1n) is 0. The van der Waals surface area contributed by atoms with E-state index in [4.69, 9.17) is 0 Å². The molecule has 4 heavy (non-hydrogen) atoms. The molecular formula is C2H12NiSi. The van der Waals surface area contributed by atoms with Crippen molar-refractivity contribution >= 4 is 11.0 Å². The molecular weight excluding hydrogens is 111 g/mol. The van der Waals surface area contributed by atoms with E-state index in [-0.39, 0.29) is 42.3 Å². The Balaban J connectivity index is 0. The molecule has 0 nitrogen and oxygen atoms in total. The number of rotatable bonds is 0. The van der Waals surface area contributed by atoms with Gasteiger partial charge in [-0.25, -0.2) is 0 Å². The van der Waals surface area contributed by atoms with Crippen LogP contribution in [0.25, 0.3) is 0 Å². The molecule has 0 fully saturated rings. The molecule has 2 heteroatoms. The summed E-state index contributed by atoms with van der Waals surface area (Å²) in [6, 6.07) is 0. The topological polar surface area (TPSA) is 0 Å². The summed E-state index contributed by atoms with van der Waals surface area (Å²) in [5.74, 6) is 0. The molecule has 0 saturated carbocycles. The summed E-state index contributed by atoms with van der Waals surface area (Å²) < 4.78 is 0. The van der Waals surface area contributed by atoms with Gasteiger partial charge >= 0.3 is 0 Å². The Labute approximate surface area is 42.9 Å². The van der Waals surface area contributed by atoms with Crippen molar-refractivity contribution in [3.8, 4) is 0 Å². The van der Waals surface area contributed by atoms with Crippen LogP contribution in [0.4, 0.5) is 0 Å². The summed E-state index contributed by atoms with van der Waals surface area (Å²) in [7, 11) is 0. The van der Waals surface area contributed by atoms with Crippen molar-refractivity contribution in [1.29, 1.82) is 0 Å². The molecule has 0 atom stereocenters. The zero-order valence-corrected chi connectivity index (χ0v) is 1.30. The zero-order chi connectivity index (χ0) is 0. The van der Waals surface area contributed by atoms with E-state index in [1.807, 2.05) is 0 Å². The third-order valence-electron chi connectivity index (χ3n) is 0. The van der Waals surface area contributed by atoms with Gasteiger partial charge in [0.05, 0.1) is 0 Å². The summed E-state index contributed by atoms with van der Waals surface area (Å²) in [5, 5.41) is 0. The Bertz CT molecular complexity index is 6.00. The molecule has 0 aromatic heterocycles. The van der Waals surface area contributed by atoms with Crippen molar-refractivity contribution in [1.82, 2.24) is 0 Å². The maximum Gasteiger partial charge on any atom is 0 e. The van der Waals surface area contributed by atoms with Crippen LogP contribution in [-0.2, 0) is 16.5 Å². The van der Waals surface area contributed by atoms with Gasteiger partial charge in [0.15, 0.2) is 0 Å². The van der Waals surface area contributed by atoms with Crippen molar-refractivity contribution in [2.45, 2.75) is 14.9 Å². The molecule has 34 valence electrons. The van der Waals surface area contributed by atoms with Gasteiger partial charge in [0.2, 0.25) is 0 Å². The van der Waals surface area contributed by atoms with Gasteiger partial charge in [0.1, 0.15) is 0 Å². The maximum absolute atomic E-state index is 0. The van der Waals surface area contributed by atoms with E-state index in [0.717, 1.165) is 0 Å². The van der Waals surface area contributed by atoms with Crippen LogP contribution in [0, 0.1) is 0 Å². The molecule has 0 aromatic rings. The minimum Gasteiger partial charge on any atom is -0.0776 e. The molecule has 0 saturated heterocycles. The second kappa shape index (κ2) is 54.0. The summed E-state index contributed by atoms with van der Waals surface area (Å²) in [5.41, 5.74) is 0. The molecule has 0 N–H and O–H groups in total. The van der Waals surface area contributed by atoms with E-state index in [1.165, 1.54) is 0 Å². The maximum atomic E-state index is 0. The Kier molecular flexibility index (Phi) is 1740. The van der Waals surface area contributed by atoms with Gasteiger partial charge in [-0.05, 0) is 11.0 Å². The molecule has 0 aliphatic carbocycles. The predicted molar refractivity (Wildman–Crippen MR) is 24.8 cm³/mol. The van der Waals surface area contributed by atoms with Gasteiger partial charge in [-0.3, -0.25) is 0 Å². The Hall–Kier alpha value is 0.710. The third kappa shape index (κ3) is 15.7. The van der Waals surface area contributed by atoms with Gasteiger partial charge < -0.3 is 0 Å². The van der Waals surface area contributed by atoms with E-state index in [9.17, 15) is 0 Å². The van der Waals surface area contributed by atoms with Crippen LogP contribution in [0.5, 0.6) is 0 Å². The van der Waals surface area contributed by atoms with Gasteiger partial charge in [0.25, 0.3) is 0 Å². The molecule has 0 radical (unpaired) electrons. The van der Waals surface area contributed by atoms with E-state index < -0.39 is 0 Å². The number of hydrogen-bond donors (Lipinski definition) is 0. The van der Waals surface area contributed by atoms with E-state index in [2.05, 4.69) is 0 Å². The fourth-order valence-electron chi connectivity index (χ4n) is 0. The smallest absolute Gasteiger partial charge is 0 e. The van der Waals surface area contributed by atoms with Crippen LogP contribution in [0.15, 0.2) is 0 Å². The quantitative estimate of drug-likeness (QED) is 0.392. The first-order valence-corrected chi connectivity index (χ1v) is 0. The van der Waals surface area contributed by atoms with Crippen molar-refractivity contribution in [3.05, 3.63) is 0 Å². The molecule has 0 bridgehead atoms. The van der Waals surface area contributed by atoms with Gasteiger partial charge in [-0.2, -0.15) is 0 Å². The molecule has 0 heterocycles. The summed E-state index contributed by atoms with van der Waals surface area (Å²) in [4.78, 5) is 0. The number of hydrogen-bond acceptors (Lipinski definition) is 0. The third-order valence-corrected chi connectivity index (χ3v) is 0. The first kappa shape index (κ1) is 128. The standard InChI is InChI=1S/2CH4.Ni.H4Si/h2*1H4;;1H4. The van der Waals surface area contributed by atoms with Crippen molar-refractivity contribution < 1.29 is 16.5 Å². The molecule has 0 spiro atoms. The van der Waals surface area contributed by atoms with Crippen LogP contribution >= 0.6 is 0 Å². The average molecular weight is 123 g/mol. The van der Waals surface area contributed by atoms with Crippen LogP contribution in [0.1, 0.15) is 14.9 Å². The summed E-state index contributed by atoms with van der Waals surface area (Å²) in [6.07, 6.45) is 0. The fourth-order valence-corrected chi connectivity index (χ4v) is 0. The minimum atomic E-state index is 0. The van der Waals surface area contributed by atoms with Crippen LogP contribution in [0.2, 0.25) is 0 Å². The van der Waals surface area contributed by atoms with Gasteiger partial charge in [0, 0.05) is 16.5 Å². The van der Waals surface area contributed by atoms with Crippen molar-refractivity contribution in [3.63, 3.8) is 0 Å². The van der Waals surface area contributed by atoms with Gasteiger partial charge in [-0.1, -0.05) is 14.9 Å². The first-order chi connectivity index (χ1) is 0. The zero-order valence-electron chi connectivity index (χ0n) is 0.316. The SMILES string of the molecule is C.C.[Ni].[SiH4]. The van der Waals surface area contributed by atoms with E-state index in [1.54, 1.807) is 0 Å². The Morgan fingerprint density at radius 1 is 0.750 bits per heavy atom. The van der Waals surface area contributed by atoms with E-state index >= 15 is 0 Å². The Morgan fingerprint density at radius 3 is 0.750 bits per heavy atom. The van der Waals surface area contributed by atoms with E-state index in [0.29, 0.717) is 0 Å². The van der Waals surface area contributed by atoms with Crippen molar-refractivity contribution in [2.24, 2.45) is 0 Å². The second-order valence-electron chi connectivity index (χ2n) is 0. The predicted octanol–water partition coefficient (Wildman–Crippen LogP) is -0.182. The molecule has 0 amide bonds. The molecule has 0 rings (SSSR count). The molecule has 0 unspecified atom stereocenters. The van der Waals surface area contributed by atoms with Crippen molar-refractivity contribution in [2.75, 3.05) is 0 Å². The normalized spacial score (nSPS) is 0. The van der Waals surface area contributed by atoms with Crippen LogP contribution < -0.4 is 0 Å². The second-order valence-corrected chi connectivity index (χ2v) is 0. The monoisotopic (exact) mass is 122 g/mol. The van der Waals surface area contributed by atoms with Gasteiger partial charge in [-0.15, -0.1) is 0 Å². The molecule has 0 aliphatic heterocycles. The minimum absolute atomic E-state index is 0. The average Bonchev–Trinajstić information content (AvgIpc) is 0. The molecule has 0 aliphatic rings. The largest absolute Gasteiger partial charge is 0.0776 e. The fraction of sp³-hybridized carbons (Fsp3) is 1.00. The molecule has 0 aromatic carbocycles.